The molecule has 0 atom stereocenters. The van der Waals surface area contributed by atoms with Gasteiger partial charge in [0.05, 0.1) is 17.7 Å². The second-order valence-electron chi connectivity index (χ2n) is 5.93. The van der Waals surface area contributed by atoms with Crippen LogP contribution in [0.3, 0.4) is 0 Å². The normalized spacial score (nSPS) is 16.9. The average Bonchev–Trinajstić information content (AvgIpc) is 3.07. The molecule has 0 aromatic heterocycles. The van der Waals surface area contributed by atoms with E-state index in [0.717, 1.165) is 35.7 Å². The summed E-state index contributed by atoms with van der Waals surface area (Å²) >= 11 is 6.31. The van der Waals surface area contributed by atoms with Gasteiger partial charge in [-0.05, 0) is 29.8 Å². The molecule has 0 amide bonds. The maximum Gasteiger partial charge on any atom is 0.231 e. The molecule has 2 heterocycles. The smallest absolute Gasteiger partial charge is 0.231 e. The van der Waals surface area contributed by atoms with E-state index in [1.54, 1.807) is 6.07 Å². The van der Waals surface area contributed by atoms with Gasteiger partial charge in [-0.25, -0.2) is 4.58 Å². The highest BCUT2D eigenvalue weighted by Gasteiger charge is 2.28. The van der Waals surface area contributed by atoms with Gasteiger partial charge in [0.15, 0.2) is 29.5 Å². The lowest BCUT2D eigenvalue weighted by Crippen LogP contribution is -2.19. The fraction of sp³-hybridized carbons (Fsp3) is 0.211. The van der Waals surface area contributed by atoms with Gasteiger partial charge in [-0.3, -0.25) is 0 Å². The fourth-order valence-electron chi connectivity index (χ4n) is 3.13. The third-order valence-electron chi connectivity index (χ3n) is 4.49. The predicted molar refractivity (Wildman–Crippen MR) is 96.1 cm³/mol. The molecular formula is C19H17ClNO4+. The molecule has 0 saturated carbocycles. The highest BCUT2D eigenvalue weighted by Crippen LogP contribution is 2.41. The van der Waals surface area contributed by atoms with E-state index in [1.165, 1.54) is 12.7 Å². The van der Waals surface area contributed by atoms with Crippen molar-refractivity contribution in [2.75, 3.05) is 20.4 Å². The molecule has 0 spiro atoms. The first-order valence-electron chi connectivity index (χ1n) is 7.86. The zero-order valence-corrected chi connectivity index (χ0v) is 14.5. The van der Waals surface area contributed by atoms with Crippen LogP contribution in [0.5, 0.6) is 23.0 Å². The minimum atomic E-state index is -0.0733. The number of fused-ring (bicyclic) bond motifs is 2. The van der Waals surface area contributed by atoms with E-state index in [1.807, 2.05) is 28.9 Å². The number of phenolic OH excluding ortho intramolecular Hbond substituents is 1. The number of aromatic hydroxyl groups is 1. The summed E-state index contributed by atoms with van der Waals surface area (Å²) in [6, 6.07) is 7.48. The van der Waals surface area contributed by atoms with Crippen molar-refractivity contribution >= 4 is 30.1 Å². The van der Waals surface area contributed by atoms with E-state index in [-0.39, 0.29) is 17.6 Å². The van der Waals surface area contributed by atoms with Gasteiger partial charge >= 0.3 is 0 Å². The summed E-state index contributed by atoms with van der Waals surface area (Å²) in [7, 11) is 1.49. The Morgan fingerprint density at radius 3 is 2.80 bits per heavy atom. The van der Waals surface area contributed by atoms with Crippen molar-refractivity contribution in [2.24, 2.45) is 0 Å². The van der Waals surface area contributed by atoms with Crippen LogP contribution in [0.4, 0.5) is 0 Å². The highest BCUT2D eigenvalue weighted by atomic mass is 35.5. The average molecular weight is 359 g/mol. The Morgan fingerprint density at radius 1 is 1.28 bits per heavy atom. The Kier molecular flexibility index (Phi) is 3.81. The number of methoxy groups -OCH3 is 1. The summed E-state index contributed by atoms with van der Waals surface area (Å²) < 4.78 is 18.0. The molecule has 0 radical (unpaired) electrons. The zero-order valence-electron chi connectivity index (χ0n) is 13.7. The molecule has 128 valence electrons. The quantitative estimate of drug-likeness (QED) is 0.834. The molecular weight excluding hydrogens is 342 g/mol. The van der Waals surface area contributed by atoms with Gasteiger partial charge in [0.2, 0.25) is 12.5 Å². The van der Waals surface area contributed by atoms with Crippen molar-refractivity contribution < 1.29 is 23.9 Å². The third-order valence-corrected chi connectivity index (χ3v) is 4.88. The Balaban J connectivity index is 1.85. The minimum absolute atomic E-state index is 0.0733. The van der Waals surface area contributed by atoms with Crippen molar-refractivity contribution in [1.82, 2.24) is 0 Å². The molecule has 5 nitrogen and oxygen atoms in total. The molecule has 0 saturated heterocycles. The Hall–Kier alpha value is -2.66. The van der Waals surface area contributed by atoms with Crippen molar-refractivity contribution in [3.8, 4) is 23.0 Å². The van der Waals surface area contributed by atoms with Crippen molar-refractivity contribution in [3.63, 3.8) is 0 Å². The number of nitrogens with zero attached hydrogens (tertiary/aromatic N) is 1. The second kappa shape index (κ2) is 6.01. The number of hydrogen-bond donors (Lipinski definition) is 1. The Labute approximate surface area is 150 Å². The SMILES string of the molecule is C=[N+]1CCc2cc3c(cc2C1=Cc1ccc(OC)c(O)c1Cl)OCO3. The number of benzene rings is 2. The number of rotatable bonds is 2. The van der Waals surface area contributed by atoms with E-state index in [2.05, 4.69) is 6.72 Å². The van der Waals surface area contributed by atoms with Gasteiger partial charge in [0.25, 0.3) is 0 Å². The number of hydrogen-bond acceptors (Lipinski definition) is 4. The largest absolute Gasteiger partial charge is 0.503 e. The first-order valence-corrected chi connectivity index (χ1v) is 8.24. The summed E-state index contributed by atoms with van der Waals surface area (Å²) in [5.74, 6) is 1.77. The van der Waals surface area contributed by atoms with Crippen LogP contribution in [0.2, 0.25) is 5.02 Å². The number of phenols is 1. The molecule has 2 aromatic rings. The first kappa shape index (κ1) is 15.8. The van der Waals surface area contributed by atoms with E-state index in [9.17, 15) is 5.11 Å². The summed E-state index contributed by atoms with van der Waals surface area (Å²) in [5.41, 5.74) is 3.79. The summed E-state index contributed by atoms with van der Waals surface area (Å²) in [5, 5.41) is 10.4. The molecule has 25 heavy (non-hydrogen) atoms. The fourth-order valence-corrected chi connectivity index (χ4v) is 3.34. The lowest BCUT2D eigenvalue weighted by Gasteiger charge is -2.17. The monoisotopic (exact) mass is 358 g/mol. The zero-order chi connectivity index (χ0) is 17.6. The van der Waals surface area contributed by atoms with Crippen LogP contribution in [0.15, 0.2) is 24.3 Å². The van der Waals surface area contributed by atoms with E-state index >= 15 is 0 Å². The minimum Gasteiger partial charge on any atom is -0.503 e. The maximum atomic E-state index is 10.1. The molecule has 2 aliphatic rings. The summed E-state index contributed by atoms with van der Waals surface area (Å²) in [4.78, 5) is 0. The van der Waals surface area contributed by atoms with Crippen LogP contribution in [0, 0.1) is 0 Å². The van der Waals surface area contributed by atoms with Crippen molar-refractivity contribution in [2.45, 2.75) is 6.42 Å². The molecule has 4 rings (SSSR count). The van der Waals surface area contributed by atoms with Gasteiger partial charge in [-0.15, -0.1) is 0 Å². The van der Waals surface area contributed by atoms with Crippen molar-refractivity contribution in [1.29, 1.82) is 0 Å². The van der Waals surface area contributed by atoms with E-state index < -0.39 is 0 Å². The standard InChI is InChI=1S/C19H16ClNO4/c1-21-6-5-11-8-16-17(25-10-24-16)9-13(11)14(21)7-12-3-4-15(23-2)19(22)18(12)20/h3-4,7-9H,1,5-6,10H2,2H3/p+1. The van der Waals surface area contributed by atoms with E-state index in [4.69, 9.17) is 25.8 Å². The topological polar surface area (TPSA) is 50.9 Å². The molecule has 6 heteroatoms. The maximum absolute atomic E-state index is 10.1. The Morgan fingerprint density at radius 2 is 2.04 bits per heavy atom. The van der Waals surface area contributed by atoms with Crippen LogP contribution in [0.25, 0.3) is 11.8 Å². The predicted octanol–water partition coefficient (Wildman–Crippen LogP) is 3.55. The summed E-state index contributed by atoms with van der Waals surface area (Å²) in [6.07, 6.45) is 2.78. The molecule has 0 fully saturated rings. The number of halogens is 1. The number of ether oxygens (including phenoxy) is 3. The van der Waals surface area contributed by atoms with Crippen LogP contribution in [-0.2, 0) is 6.42 Å². The van der Waals surface area contributed by atoms with Crippen LogP contribution < -0.4 is 14.2 Å². The highest BCUT2D eigenvalue weighted by molar-refractivity contribution is 6.33. The van der Waals surface area contributed by atoms with Gasteiger partial charge in [0.1, 0.15) is 6.72 Å². The molecule has 0 unspecified atom stereocenters. The van der Waals surface area contributed by atoms with Gasteiger partial charge in [-0.1, -0.05) is 11.6 Å². The Bertz CT molecular complexity index is 920. The first-order chi connectivity index (χ1) is 12.1. The van der Waals surface area contributed by atoms with Gasteiger partial charge in [-0.2, -0.15) is 0 Å². The molecule has 1 N–H and O–H groups in total. The van der Waals surface area contributed by atoms with E-state index in [0.29, 0.717) is 11.3 Å². The molecule has 0 aliphatic carbocycles. The molecule has 2 aliphatic heterocycles. The van der Waals surface area contributed by atoms with Crippen LogP contribution in [-0.4, -0.2) is 36.8 Å². The van der Waals surface area contributed by atoms with Crippen LogP contribution >= 0.6 is 11.6 Å². The summed E-state index contributed by atoms with van der Waals surface area (Å²) in [6.45, 7) is 5.13. The molecule has 2 aromatic carbocycles. The third kappa shape index (κ3) is 2.61. The van der Waals surface area contributed by atoms with Gasteiger partial charge in [0, 0.05) is 18.1 Å². The lowest BCUT2D eigenvalue weighted by molar-refractivity contribution is -0.423. The molecule has 0 bridgehead atoms. The van der Waals surface area contributed by atoms with Crippen molar-refractivity contribution in [3.05, 3.63) is 46.0 Å². The van der Waals surface area contributed by atoms with Gasteiger partial charge < -0.3 is 19.3 Å². The van der Waals surface area contributed by atoms with Crippen LogP contribution in [0.1, 0.15) is 16.7 Å². The second-order valence-corrected chi connectivity index (χ2v) is 6.30. The lowest BCUT2D eigenvalue weighted by atomic mass is 9.95.